The van der Waals surface area contributed by atoms with Crippen LogP contribution >= 0.6 is 0 Å². The summed E-state index contributed by atoms with van der Waals surface area (Å²) in [4.78, 5) is 12.2. The van der Waals surface area contributed by atoms with Crippen molar-refractivity contribution in [2.75, 3.05) is 5.32 Å². The Balaban J connectivity index is 2.10. The fourth-order valence-electron chi connectivity index (χ4n) is 2.26. The molecule has 0 bridgehead atoms. The molecule has 1 amide bonds. The van der Waals surface area contributed by atoms with Crippen LogP contribution in [0.5, 0.6) is 0 Å². The van der Waals surface area contributed by atoms with Gasteiger partial charge in [-0.15, -0.1) is 0 Å². The fraction of sp³-hybridized carbons (Fsp3) is 0.533. The highest BCUT2D eigenvalue weighted by Crippen LogP contribution is 2.20. The summed E-state index contributed by atoms with van der Waals surface area (Å²) in [5.74, 6) is -0.293. The maximum absolute atomic E-state index is 12.8. The van der Waals surface area contributed by atoms with E-state index in [2.05, 4.69) is 15.5 Å². The molecule has 2 aromatic heterocycles. The van der Waals surface area contributed by atoms with Crippen LogP contribution in [0.15, 0.2) is 12.4 Å². The minimum atomic E-state index is -2.71. The van der Waals surface area contributed by atoms with Crippen molar-refractivity contribution in [1.29, 1.82) is 0 Å². The first-order valence-electron chi connectivity index (χ1n) is 7.27. The Morgan fingerprint density at radius 1 is 1.35 bits per heavy atom. The topological polar surface area (TPSA) is 64.7 Å². The normalized spacial score (nSPS) is 12.0. The molecule has 0 saturated carbocycles. The summed E-state index contributed by atoms with van der Waals surface area (Å²) in [6.07, 6.45) is 3.29. The van der Waals surface area contributed by atoms with E-state index < -0.39 is 6.55 Å². The van der Waals surface area contributed by atoms with Gasteiger partial charge in [-0.25, -0.2) is 4.68 Å². The zero-order valence-electron chi connectivity index (χ0n) is 13.9. The van der Waals surface area contributed by atoms with Crippen molar-refractivity contribution >= 4 is 11.6 Å². The molecule has 0 saturated heterocycles. The van der Waals surface area contributed by atoms with Crippen LogP contribution in [0.25, 0.3) is 0 Å². The van der Waals surface area contributed by atoms with Crippen molar-refractivity contribution in [1.82, 2.24) is 19.6 Å². The fourth-order valence-corrected chi connectivity index (χ4v) is 2.26. The molecule has 0 aliphatic heterocycles. The number of rotatable bonds is 4. The maximum atomic E-state index is 12.8. The van der Waals surface area contributed by atoms with Gasteiger partial charge in [-0.3, -0.25) is 9.48 Å². The lowest BCUT2D eigenvalue weighted by Gasteiger charge is -2.18. The van der Waals surface area contributed by atoms with Crippen molar-refractivity contribution in [2.45, 2.75) is 53.1 Å². The second kappa shape index (κ2) is 6.10. The van der Waals surface area contributed by atoms with Crippen LogP contribution in [0, 0.1) is 13.8 Å². The maximum Gasteiger partial charge on any atom is 0.333 e. The van der Waals surface area contributed by atoms with Gasteiger partial charge in [0, 0.05) is 17.5 Å². The summed E-state index contributed by atoms with van der Waals surface area (Å²) in [5.41, 5.74) is 1.64. The number of nitrogens with zero attached hydrogens (tertiary/aromatic N) is 4. The molecule has 2 aromatic rings. The summed E-state index contributed by atoms with van der Waals surface area (Å²) >= 11 is 0. The first-order valence-corrected chi connectivity index (χ1v) is 7.27. The van der Waals surface area contributed by atoms with E-state index in [-0.39, 0.29) is 17.9 Å². The molecule has 0 fully saturated rings. The van der Waals surface area contributed by atoms with Gasteiger partial charge in [-0.2, -0.15) is 19.0 Å². The van der Waals surface area contributed by atoms with Crippen LogP contribution in [0.2, 0.25) is 0 Å². The third kappa shape index (κ3) is 3.75. The Labute approximate surface area is 133 Å². The summed E-state index contributed by atoms with van der Waals surface area (Å²) < 4.78 is 28.0. The van der Waals surface area contributed by atoms with Crippen molar-refractivity contribution in [3.8, 4) is 0 Å². The first kappa shape index (κ1) is 17.1. The molecule has 1 N–H and O–H groups in total. The van der Waals surface area contributed by atoms with Crippen LogP contribution in [-0.2, 0) is 16.8 Å². The molecular formula is C15H21F2N5O. The van der Waals surface area contributed by atoms with Crippen molar-refractivity contribution in [3.05, 3.63) is 29.3 Å². The lowest BCUT2D eigenvalue weighted by atomic mass is 10.1. The number of amides is 1. The number of aryl methyl sites for hydroxylation is 1. The first-order chi connectivity index (χ1) is 10.6. The quantitative estimate of drug-likeness (QED) is 0.940. The van der Waals surface area contributed by atoms with E-state index in [9.17, 15) is 13.6 Å². The van der Waals surface area contributed by atoms with Crippen LogP contribution < -0.4 is 5.32 Å². The van der Waals surface area contributed by atoms with Gasteiger partial charge in [-0.1, -0.05) is 0 Å². The van der Waals surface area contributed by atoms with Crippen LogP contribution in [0.4, 0.5) is 14.5 Å². The zero-order valence-corrected chi connectivity index (χ0v) is 13.9. The molecule has 2 heterocycles. The number of hydrogen-bond acceptors (Lipinski definition) is 3. The molecule has 0 unspecified atom stereocenters. The van der Waals surface area contributed by atoms with Gasteiger partial charge in [0.2, 0.25) is 5.91 Å². The second-order valence-electron chi connectivity index (χ2n) is 6.44. The molecule has 0 radical (unpaired) electrons. The average Bonchev–Trinajstić information content (AvgIpc) is 2.98. The third-order valence-electron chi connectivity index (χ3n) is 3.55. The molecular weight excluding hydrogens is 304 g/mol. The van der Waals surface area contributed by atoms with E-state index in [0.717, 1.165) is 0 Å². The van der Waals surface area contributed by atoms with Crippen LogP contribution in [0.1, 0.15) is 44.3 Å². The molecule has 126 valence electrons. The lowest BCUT2D eigenvalue weighted by Crippen LogP contribution is -2.22. The monoisotopic (exact) mass is 325 g/mol. The summed E-state index contributed by atoms with van der Waals surface area (Å²) in [5, 5.41) is 10.7. The Kier molecular flexibility index (Phi) is 4.53. The molecule has 8 heteroatoms. The van der Waals surface area contributed by atoms with Crippen molar-refractivity contribution < 1.29 is 13.6 Å². The predicted molar refractivity (Wildman–Crippen MR) is 82.5 cm³/mol. The number of hydrogen-bond donors (Lipinski definition) is 1. The highest BCUT2D eigenvalue weighted by molar-refractivity contribution is 5.92. The number of anilines is 1. The van der Waals surface area contributed by atoms with Crippen molar-refractivity contribution in [2.24, 2.45) is 0 Å². The number of carbonyl (C=O) groups excluding carboxylic acids is 1. The highest BCUT2D eigenvalue weighted by atomic mass is 19.3. The summed E-state index contributed by atoms with van der Waals surface area (Å²) in [6, 6.07) is 0. The number of nitrogens with one attached hydrogen (secondary N) is 1. The van der Waals surface area contributed by atoms with E-state index in [1.54, 1.807) is 24.0 Å². The Morgan fingerprint density at radius 3 is 2.48 bits per heavy atom. The van der Waals surface area contributed by atoms with Gasteiger partial charge < -0.3 is 5.32 Å². The number of aromatic nitrogens is 4. The van der Waals surface area contributed by atoms with Crippen LogP contribution in [0.3, 0.4) is 0 Å². The molecule has 0 atom stereocenters. The van der Waals surface area contributed by atoms with Gasteiger partial charge in [0.05, 0.1) is 29.5 Å². The molecule has 23 heavy (non-hydrogen) atoms. The van der Waals surface area contributed by atoms with Gasteiger partial charge in [0.25, 0.3) is 0 Å². The van der Waals surface area contributed by atoms with Gasteiger partial charge in [0.1, 0.15) is 0 Å². The standard InChI is InChI=1S/C15H21F2N5O/c1-9-12(10(2)22(20-9)14(16)17)6-13(23)19-11-7-18-21(8-11)15(3,4)5/h7-8,14H,6H2,1-5H3,(H,19,23). The van der Waals surface area contributed by atoms with Gasteiger partial charge >= 0.3 is 6.55 Å². The minimum absolute atomic E-state index is 0.00884. The van der Waals surface area contributed by atoms with Gasteiger partial charge in [-0.05, 0) is 34.6 Å². The molecule has 0 spiro atoms. The van der Waals surface area contributed by atoms with E-state index in [1.807, 2.05) is 20.8 Å². The average molecular weight is 325 g/mol. The van der Waals surface area contributed by atoms with E-state index in [1.165, 1.54) is 6.92 Å². The third-order valence-corrected chi connectivity index (χ3v) is 3.55. The van der Waals surface area contributed by atoms with E-state index >= 15 is 0 Å². The molecule has 0 aliphatic rings. The Morgan fingerprint density at radius 2 is 2.00 bits per heavy atom. The highest BCUT2D eigenvalue weighted by Gasteiger charge is 2.20. The predicted octanol–water partition coefficient (Wildman–Crippen LogP) is 3.03. The minimum Gasteiger partial charge on any atom is -0.323 e. The van der Waals surface area contributed by atoms with E-state index in [4.69, 9.17) is 0 Å². The molecule has 0 aliphatic carbocycles. The number of carbonyl (C=O) groups is 1. The molecule has 6 nitrogen and oxygen atoms in total. The number of alkyl halides is 2. The largest absolute Gasteiger partial charge is 0.333 e. The Hall–Kier alpha value is -2.25. The molecule has 2 rings (SSSR count). The summed E-state index contributed by atoms with van der Waals surface area (Å²) in [7, 11) is 0. The van der Waals surface area contributed by atoms with Crippen molar-refractivity contribution in [3.63, 3.8) is 0 Å². The van der Waals surface area contributed by atoms with E-state index in [0.29, 0.717) is 27.3 Å². The Bertz CT molecular complexity index is 712. The lowest BCUT2D eigenvalue weighted by molar-refractivity contribution is -0.115. The molecule has 0 aromatic carbocycles. The zero-order chi connectivity index (χ0) is 17.4. The summed E-state index contributed by atoms with van der Waals surface area (Å²) in [6.45, 7) is 6.43. The second-order valence-corrected chi connectivity index (χ2v) is 6.44. The smallest absolute Gasteiger partial charge is 0.323 e. The van der Waals surface area contributed by atoms with Crippen LogP contribution in [-0.4, -0.2) is 25.5 Å². The SMILES string of the molecule is Cc1nn(C(F)F)c(C)c1CC(=O)Nc1cnn(C(C)(C)C)c1. The van der Waals surface area contributed by atoms with Gasteiger partial charge in [0.15, 0.2) is 0 Å². The number of halogens is 2.